The first-order valence-corrected chi connectivity index (χ1v) is 4.25. The van der Waals surface area contributed by atoms with Crippen LogP contribution in [-0.2, 0) is 6.18 Å². The first-order valence-electron chi connectivity index (χ1n) is 3.42. The quantitative estimate of drug-likeness (QED) is 0.588. The third-order valence-corrected chi connectivity index (χ3v) is 2.13. The van der Waals surface area contributed by atoms with E-state index in [0.29, 0.717) is 6.07 Å². The maximum Gasteiger partial charge on any atom is 0.416 e. The van der Waals surface area contributed by atoms with Gasteiger partial charge < -0.3 is 0 Å². The van der Waals surface area contributed by atoms with E-state index < -0.39 is 17.0 Å². The van der Waals surface area contributed by atoms with E-state index in [2.05, 4.69) is 12.6 Å². The summed E-state index contributed by atoms with van der Waals surface area (Å²) in [4.78, 5) is 10.8. The molecule has 76 valence electrons. The highest BCUT2D eigenvalue weighted by atomic mass is 35.5. The van der Waals surface area contributed by atoms with Gasteiger partial charge in [0.15, 0.2) is 0 Å². The Hall–Kier alpha value is -0.680. The highest BCUT2D eigenvalue weighted by molar-refractivity contribution is 7.80. The van der Waals surface area contributed by atoms with Crippen LogP contribution in [0, 0.1) is 0 Å². The van der Waals surface area contributed by atoms with E-state index >= 15 is 0 Å². The van der Waals surface area contributed by atoms with Crippen LogP contribution in [0.1, 0.15) is 15.9 Å². The average Bonchev–Trinajstić information content (AvgIpc) is 2.02. The molecule has 0 bridgehead atoms. The maximum absolute atomic E-state index is 12.2. The van der Waals surface area contributed by atoms with Gasteiger partial charge in [0, 0.05) is 10.5 Å². The maximum atomic E-state index is 12.2. The molecule has 0 N–H and O–H groups in total. The van der Waals surface area contributed by atoms with E-state index in [4.69, 9.17) is 11.6 Å². The number of thiol groups is 1. The van der Waals surface area contributed by atoms with Gasteiger partial charge in [-0.25, -0.2) is 0 Å². The van der Waals surface area contributed by atoms with Crippen molar-refractivity contribution in [1.82, 2.24) is 0 Å². The zero-order valence-electron chi connectivity index (χ0n) is 6.60. The minimum atomic E-state index is -4.48. The molecule has 0 heterocycles. The van der Waals surface area contributed by atoms with Gasteiger partial charge in [0.05, 0.1) is 5.56 Å². The number of benzene rings is 1. The molecular weight excluding hydrogens is 237 g/mol. The van der Waals surface area contributed by atoms with Crippen LogP contribution in [0.25, 0.3) is 0 Å². The van der Waals surface area contributed by atoms with E-state index in [1.807, 2.05) is 0 Å². The number of hydrogen-bond acceptors (Lipinski definition) is 2. The molecule has 1 aromatic rings. The summed E-state index contributed by atoms with van der Waals surface area (Å²) in [6.07, 6.45) is -4.48. The summed E-state index contributed by atoms with van der Waals surface area (Å²) in [5.41, 5.74) is -1.16. The molecule has 0 radical (unpaired) electrons. The highest BCUT2D eigenvalue weighted by Gasteiger charge is 2.31. The van der Waals surface area contributed by atoms with E-state index in [1.54, 1.807) is 0 Å². The molecule has 0 saturated carbocycles. The molecule has 0 aromatic heterocycles. The first-order chi connectivity index (χ1) is 6.32. The van der Waals surface area contributed by atoms with Crippen LogP contribution in [0.4, 0.5) is 13.2 Å². The molecule has 1 aromatic carbocycles. The van der Waals surface area contributed by atoms with Gasteiger partial charge in [-0.15, -0.1) is 12.6 Å². The van der Waals surface area contributed by atoms with Gasteiger partial charge in [-0.2, -0.15) is 13.2 Å². The van der Waals surface area contributed by atoms with Gasteiger partial charge in [-0.05, 0) is 29.8 Å². The molecule has 1 rings (SSSR count). The van der Waals surface area contributed by atoms with Crippen molar-refractivity contribution in [2.75, 3.05) is 0 Å². The Bertz CT molecular complexity index is 375. The van der Waals surface area contributed by atoms with Crippen molar-refractivity contribution in [3.63, 3.8) is 0 Å². The number of hydrogen-bond donors (Lipinski definition) is 1. The summed E-state index contributed by atoms with van der Waals surface area (Å²) >= 11 is 8.88. The molecule has 0 saturated heterocycles. The third-order valence-electron chi connectivity index (χ3n) is 1.54. The zero-order chi connectivity index (χ0) is 10.9. The van der Waals surface area contributed by atoms with Crippen LogP contribution in [0.2, 0.25) is 0 Å². The zero-order valence-corrected chi connectivity index (χ0v) is 8.25. The van der Waals surface area contributed by atoms with E-state index in [1.165, 1.54) is 0 Å². The molecule has 0 amide bonds. The first kappa shape index (κ1) is 11.4. The molecule has 0 unspecified atom stereocenters. The lowest BCUT2D eigenvalue weighted by Gasteiger charge is -2.08. The Balaban J connectivity index is 3.27. The summed E-state index contributed by atoms with van der Waals surface area (Å²) in [5, 5.41) is -0.957. The lowest BCUT2D eigenvalue weighted by molar-refractivity contribution is -0.137. The van der Waals surface area contributed by atoms with Gasteiger partial charge in [-0.1, -0.05) is 0 Å². The molecule has 0 aliphatic rings. The second kappa shape index (κ2) is 3.82. The molecule has 14 heavy (non-hydrogen) atoms. The molecular formula is C8H4ClF3OS. The Morgan fingerprint density at radius 1 is 1.36 bits per heavy atom. The van der Waals surface area contributed by atoms with Crippen molar-refractivity contribution in [3.8, 4) is 0 Å². The predicted molar refractivity (Wildman–Crippen MR) is 48.9 cm³/mol. The van der Waals surface area contributed by atoms with Crippen molar-refractivity contribution in [1.29, 1.82) is 0 Å². The molecule has 0 aliphatic heterocycles. The number of carbonyl (C=O) groups is 1. The summed E-state index contributed by atoms with van der Waals surface area (Å²) < 4.78 is 36.6. The minimum absolute atomic E-state index is 0.123. The fourth-order valence-electron chi connectivity index (χ4n) is 0.870. The summed E-state index contributed by atoms with van der Waals surface area (Å²) in [7, 11) is 0. The number of rotatable bonds is 1. The standard InChI is InChI=1S/C8H4ClF3OS/c9-7(13)5-3-4(8(10,11)12)1-2-6(5)14/h1-3,14H. The van der Waals surface area contributed by atoms with Crippen molar-refractivity contribution in [3.05, 3.63) is 29.3 Å². The Labute approximate surface area is 88.3 Å². The van der Waals surface area contributed by atoms with Gasteiger partial charge >= 0.3 is 6.18 Å². The molecule has 1 nitrogen and oxygen atoms in total. The smallest absolute Gasteiger partial charge is 0.276 e. The van der Waals surface area contributed by atoms with Crippen LogP contribution >= 0.6 is 24.2 Å². The monoisotopic (exact) mass is 240 g/mol. The molecule has 0 spiro atoms. The predicted octanol–water partition coefficient (Wildman–Crippen LogP) is 3.37. The Morgan fingerprint density at radius 3 is 2.36 bits per heavy atom. The van der Waals surface area contributed by atoms with Crippen molar-refractivity contribution in [2.24, 2.45) is 0 Å². The molecule has 0 aliphatic carbocycles. The lowest BCUT2D eigenvalue weighted by Crippen LogP contribution is -2.06. The normalized spacial score (nSPS) is 11.5. The van der Waals surface area contributed by atoms with E-state index in [9.17, 15) is 18.0 Å². The van der Waals surface area contributed by atoms with Crippen LogP contribution in [0.5, 0.6) is 0 Å². The highest BCUT2D eigenvalue weighted by Crippen LogP contribution is 2.31. The average molecular weight is 241 g/mol. The number of carbonyl (C=O) groups excluding carboxylic acids is 1. The Morgan fingerprint density at radius 2 is 1.93 bits per heavy atom. The van der Waals surface area contributed by atoms with E-state index in [-0.39, 0.29) is 10.5 Å². The van der Waals surface area contributed by atoms with Crippen molar-refractivity contribution < 1.29 is 18.0 Å². The van der Waals surface area contributed by atoms with Crippen LogP contribution in [0.15, 0.2) is 23.1 Å². The van der Waals surface area contributed by atoms with Gasteiger partial charge in [0.2, 0.25) is 0 Å². The summed E-state index contributed by atoms with van der Waals surface area (Å²) in [6.45, 7) is 0. The van der Waals surface area contributed by atoms with Crippen molar-refractivity contribution >= 4 is 29.5 Å². The second-order valence-corrected chi connectivity index (χ2v) is 3.33. The second-order valence-electron chi connectivity index (χ2n) is 2.50. The Kier molecular flexibility index (Phi) is 3.11. The fraction of sp³-hybridized carbons (Fsp3) is 0.125. The third kappa shape index (κ3) is 2.42. The topological polar surface area (TPSA) is 17.1 Å². The molecule has 0 atom stereocenters. The van der Waals surface area contributed by atoms with Gasteiger partial charge in [0.25, 0.3) is 5.24 Å². The largest absolute Gasteiger partial charge is 0.416 e. The van der Waals surface area contributed by atoms with Crippen LogP contribution < -0.4 is 0 Å². The SMILES string of the molecule is O=C(Cl)c1cc(C(F)(F)F)ccc1S. The van der Waals surface area contributed by atoms with Gasteiger partial charge in [-0.3, -0.25) is 4.79 Å². The number of alkyl halides is 3. The summed E-state index contributed by atoms with van der Waals surface area (Å²) in [6, 6.07) is 2.60. The van der Waals surface area contributed by atoms with Crippen LogP contribution in [-0.4, -0.2) is 5.24 Å². The van der Waals surface area contributed by atoms with Crippen LogP contribution in [0.3, 0.4) is 0 Å². The van der Waals surface area contributed by atoms with E-state index in [0.717, 1.165) is 12.1 Å². The minimum Gasteiger partial charge on any atom is -0.276 e. The number of halogens is 4. The van der Waals surface area contributed by atoms with Gasteiger partial charge in [0.1, 0.15) is 0 Å². The van der Waals surface area contributed by atoms with Crippen molar-refractivity contribution in [2.45, 2.75) is 11.1 Å². The molecule has 6 heteroatoms. The fourth-order valence-corrected chi connectivity index (χ4v) is 1.33. The summed E-state index contributed by atoms with van der Waals surface area (Å²) in [5.74, 6) is 0. The lowest BCUT2D eigenvalue weighted by atomic mass is 10.1. The molecule has 0 fully saturated rings.